The van der Waals surface area contributed by atoms with Crippen molar-refractivity contribution in [2.75, 3.05) is 5.32 Å². The zero-order valence-corrected chi connectivity index (χ0v) is 11.6. The maximum atomic E-state index is 12.9. The third kappa shape index (κ3) is 3.06. The molecular weight excluding hydrogens is 285 g/mol. The van der Waals surface area contributed by atoms with Crippen LogP contribution in [0.5, 0.6) is 0 Å². The predicted octanol–water partition coefficient (Wildman–Crippen LogP) is 2.55. The molecule has 1 aliphatic rings. The number of rotatable bonds is 4. The quantitative estimate of drug-likeness (QED) is 0.911. The number of hydrogen-bond acceptors (Lipinski definition) is 4. The highest BCUT2D eigenvalue weighted by molar-refractivity contribution is 6.04. The molecule has 1 unspecified atom stereocenters. The zero-order valence-electron chi connectivity index (χ0n) is 11.6. The molecule has 0 aromatic heterocycles. The lowest BCUT2D eigenvalue weighted by atomic mass is 10.0. The fourth-order valence-corrected chi connectivity index (χ4v) is 2.15. The van der Waals surface area contributed by atoms with Crippen molar-refractivity contribution in [1.29, 1.82) is 0 Å². The number of hydrogen-bond donors (Lipinski definition) is 2. The lowest BCUT2D eigenvalue weighted by Crippen LogP contribution is -2.28. The summed E-state index contributed by atoms with van der Waals surface area (Å²) in [6, 6.07) is 13.6. The summed E-state index contributed by atoms with van der Waals surface area (Å²) < 4.78 is 12.9. The Balaban J connectivity index is 1.68. The molecule has 5 nitrogen and oxygen atoms in total. The van der Waals surface area contributed by atoms with Crippen molar-refractivity contribution in [3.8, 4) is 0 Å². The fourth-order valence-electron chi connectivity index (χ4n) is 2.15. The summed E-state index contributed by atoms with van der Waals surface area (Å²) in [7, 11) is 0. The molecule has 0 fully saturated rings. The number of carbonyl (C=O) groups is 1. The second-order valence-electron chi connectivity index (χ2n) is 4.95. The Labute approximate surface area is 126 Å². The number of carbonyl (C=O) groups excluding carboxylic acids is 1. The van der Waals surface area contributed by atoms with E-state index in [0.717, 1.165) is 16.9 Å². The van der Waals surface area contributed by atoms with Gasteiger partial charge in [0.15, 0.2) is 0 Å². The van der Waals surface area contributed by atoms with Crippen LogP contribution in [0.1, 0.15) is 12.0 Å². The molecule has 0 bridgehead atoms. The summed E-state index contributed by atoms with van der Waals surface area (Å²) in [6.07, 6.45) is -0.313. The molecule has 3 N–H and O–H groups in total. The molecule has 0 saturated carbocycles. The van der Waals surface area contributed by atoms with Gasteiger partial charge in [-0.15, -0.1) is 0 Å². The third-order valence-electron chi connectivity index (χ3n) is 3.34. The van der Waals surface area contributed by atoms with Crippen LogP contribution in [0, 0.1) is 5.82 Å². The largest absolute Gasteiger partial charge is 0.382 e. The molecule has 2 aromatic rings. The summed E-state index contributed by atoms with van der Waals surface area (Å²) in [5.41, 5.74) is 8.40. The molecule has 1 atom stereocenters. The first-order valence-corrected chi connectivity index (χ1v) is 6.77. The summed E-state index contributed by atoms with van der Waals surface area (Å²) in [4.78, 5) is 16.0. The van der Waals surface area contributed by atoms with Crippen molar-refractivity contribution in [3.63, 3.8) is 0 Å². The van der Waals surface area contributed by atoms with Gasteiger partial charge in [-0.25, -0.2) is 4.39 Å². The van der Waals surface area contributed by atoms with Gasteiger partial charge in [-0.2, -0.15) is 0 Å². The number of nitrogens with zero attached hydrogens (tertiary/aromatic N) is 1. The Hall–Kier alpha value is -2.89. The van der Waals surface area contributed by atoms with Crippen LogP contribution in [-0.2, 0) is 9.63 Å². The standard InChI is InChI=1S/C16H14FN3O2/c17-11-3-7-13(8-4-11)19-12-5-1-10(2-6-12)14-9-15(16(18)21)22-20-14/h1-8,15,19H,9H2,(H2,18,21). The van der Waals surface area contributed by atoms with Crippen LogP contribution in [0.25, 0.3) is 0 Å². The Morgan fingerprint density at radius 3 is 2.27 bits per heavy atom. The van der Waals surface area contributed by atoms with Gasteiger partial charge >= 0.3 is 0 Å². The van der Waals surface area contributed by atoms with Crippen molar-refractivity contribution in [2.45, 2.75) is 12.5 Å². The first kappa shape index (κ1) is 14.1. The van der Waals surface area contributed by atoms with E-state index >= 15 is 0 Å². The summed E-state index contributed by atoms with van der Waals surface area (Å²) >= 11 is 0. The minimum absolute atomic E-state index is 0.274. The Bertz CT molecular complexity index is 711. The summed E-state index contributed by atoms with van der Waals surface area (Å²) in [5.74, 6) is -0.794. The van der Waals surface area contributed by atoms with Crippen LogP contribution in [0.15, 0.2) is 53.7 Å². The van der Waals surface area contributed by atoms with Crippen LogP contribution >= 0.6 is 0 Å². The number of amides is 1. The molecule has 0 spiro atoms. The van der Waals surface area contributed by atoms with Crippen LogP contribution in [-0.4, -0.2) is 17.7 Å². The summed E-state index contributed by atoms with van der Waals surface area (Å²) in [6.45, 7) is 0. The Kier molecular flexibility index (Phi) is 3.74. The molecule has 6 heteroatoms. The van der Waals surface area contributed by atoms with Gasteiger partial charge in [0.2, 0.25) is 6.10 Å². The van der Waals surface area contributed by atoms with Crippen LogP contribution in [0.3, 0.4) is 0 Å². The number of primary amides is 1. The fraction of sp³-hybridized carbons (Fsp3) is 0.125. The number of halogens is 1. The van der Waals surface area contributed by atoms with E-state index < -0.39 is 12.0 Å². The van der Waals surface area contributed by atoms with Gasteiger partial charge in [0.25, 0.3) is 5.91 Å². The van der Waals surface area contributed by atoms with Gasteiger partial charge in [-0.3, -0.25) is 4.79 Å². The molecule has 22 heavy (non-hydrogen) atoms. The van der Waals surface area contributed by atoms with Gasteiger partial charge in [-0.1, -0.05) is 17.3 Å². The van der Waals surface area contributed by atoms with E-state index in [-0.39, 0.29) is 5.82 Å². The van der Waals surface area contributed by atoms with E-state index in [1.54, 1.807) is 12.1 Å². The van der Waals surface area contributed by atoms with Crippen molar-refractivity contribution in [1.82, 2.24) is 0 Å². The molecule has 112 valence electrons. The molecule has 2 aromatic carbocycles. The van der Waals surface area contributed by atoms with E-state index in [1.165, 1.54) is 12.1 Å². The molecule has 0 radical (unpaired) electrons. The molecule has 3 rings (SSSR count). The predicted molar refractivity (Wildman–Crippen MR) is 81.3 cm³/mol. The lowest BCUT2D eigenvalue weighted by molar-refractivity contribution is -0.127. The van der Waals surface area contributed by atoms with Crippen molar-refractivity contribution >= 4 is 23.0 Å². The van der Waals surface area contributed by atoms with Crippen molar-refractivity contribution < 1.29 is 14.0 Å². The highest BCUT2D eigenvalue weighted by Gasteiger charge is 2.26. The molecule has 0 aliphatic carbocycles. The minimum atomic E-state index is -0.688. The van der Waals surface area contributed by atoms with Crippen molar-refractivity contribution in [3.05, 3.63) is 59.9 Å². The van der Waals surface area contributed by atoms with Gasteiger partial charge in [0.05, 0.1) is 5.71 Å². The number of nitrogens with two attached hydrogens (primary N) is 1. The minimum Gasteiger partial charge on any atom is -0.382 e. The van der Waals surface area contributed by atoms with Gasteiger partial charge in [0.1, 0.15) is 5.82 Å². The van der Waals surface area contributed by atoms with Gasteiger partial charge < -0.3 is 15.9 Å². The maximum Gasteiger partial charge on any atom is 0.261 e. The van der Waals surface area contributed by atoms with E-state index in [9.17, 15) is 9.18 Å². The second kappa shape index (κ2) is 5.85. The normalized spacial score (nSPS) is 16.8. The number of nitrogens with one attached hydrogen (secondary N) is 1. The van der Waals surface area contributed by atoms with Crippen LogP contribution in [0.4, 0.5) is 15.8 Å². The van der Waals surface area contributed by atoms with E-state index in [0.29, 0.717) is 12.1 Å². The van der Waals surface area contributed by atoms with Crippen LogP contribution < -0.4 is 11.1 Å². The van der Waals surface area contributed by atoms with Crippen molar-refractivity contribution in [2.24, 2.45) is 10.9 Å². The molecular formula is C16H14FN3O2. The maximum absolute atomic E-state index is 12.9. The van der Waals surface area contributed by atoms with E-state index in [2.05, 4.69) is 10.5 Å². The molecule has 1 amide bonds. The second-order valence-corrected chi connectivity index (χ2v) is 4.95. The van der Waals surface area contributed by atoms with Gasteiger partial charge in [0, 0.05) is 17.8 Å². The average molecular weight is 299 g/mol. The average Bonchev–Trinajstić information content (AvgIpc) is 3.00. The third-order valence-corrected chi connectivity index (χ3v) is 3.34. The highest BCUT2D eigenvalue weighted by atomic mass is 19.1. The van der Waals surface area contributed by atoms with Crippen LogP contribution in [0.2, 0.25) is 0 Å². The highest BCUT2D eigenvalue weighted by Crippen LogP contribution is 2.21. The first-order chi connectivity index (χ1) is 10.6. The van der Waals surface area contributed by atoms with E-state index in [4.69, 9.17) is 10.6 Å². The first-order valence-electron chi connectivity index (χ1n) is 6.77. The number of oxime groups is 1. The Morgan fingerprint density at radius 1 is 1.14 bits per heavy atom. The topological polar surface area (TPSA) is 76.7 Å². The number of benzene rings is 2. The SMILES string of the molecule is NC(=O)C1CC(c2ccc(Nc3ccc(F)cc3)cc2)=NO1. The number of anilines is 2. The smallest absolute Gasteiger partial charge is 0.261 e. The monoisotopic (exact) mass is 299 g/mol. The summed E-state index contributed by atoms with van der Waals surface area (Å²) in [5, 5.41) is 7.05. The zero-order chi connectivity index (χ0) is 15.5. The molecule has 1 aliphatic heterocycles. The molecule has 0 saturated heterocycles. The molecule has 1 heterocycles. The van der Waals surface area contributed by atoms with E-state index in [1.807, 2.05) is 24.3 Å². The lowest BCUT2D eigenvalue weighted by Gasteiger charge is -2.07. The Morgan fingerprint density at radius 2 is 1.73 bits per heavy atom. The van der Waals surface area contributed by atoms with Gasteiger partial charge in [-0.05, 0) is 42.0 Å².